The molecular formula is C19H26N4O3. The molecule has 2 aromatic rings. The van der Waals surface area contributed by atoms with Gasteiger partial charge in [-0.1, -0.05) is 19.8 Å². The van der Waals surface area contributed by atoms with Crippen LogP contribution in [0.1, 0.15) is 42.5 Å². The van der Waals surface area contributed by atoms with Crippen molar-refractivity contribution in [3.63, 3.8) is 0 Å². The number of nitrogens with zero attached hydrogens (tertiary/aromatic N) is 2. The average Bonchev–Trinajstić information content (AvgIpc) is 2.64. The van der Waals surface area contributed by atoms with Gasteiger partial charge in [-0.05, 0) is 25.5 Å². The van der Waals surface area contributed by atoms with Gasteiger partial charge in [-0.25, -0.2) is 9.97 Å². The van der Waals surface area contributed by atoms with Crippen molar-refractivity contribution >= 4 is 17.4 Å². The van der Waals surface area contributed by atoms with Crippen molar-refractivity contribution in [1.29, 1.82) is 0 Å². The Hall–Kier alpha value is -2.83. The van der Waals surface area contributed by atoms with Crippen LogP contribution in [-0.2, 0) is 0 Å². The number of ether oxygens (including phenoxy) is 2. The molecule has 1 aromatic carbocycles. The summed E-state index contributed by atoms with van der Waals surface area (Å²) in [7, 11) is 3.11. The van der Waals surface area contributed by atoms with E-state index in [1.54, 1.807) is 45.4 Å². The molecule has 0 aliphatic heterocycles. The summed E-state index contributed by atoms with van der Waals surface area (Å²) in [6, 6.07) is 6.85. The lowest BCUT2D eigenvalue weighted by Crippen LogP contribution is -2.16. The van der Waals surface area contributed by atoms with Gasteiger partial charge in [0.25, 0.3) is 5.91 Å². The van der Waals surface area contributed by atoms with E-state index in [0.717, 1.165) is 25.8 Å². The number of methoxy groups -OCH3 is 2. The van der Waals surface area contributed by atoms with Gasteiger partial charge in [0, 0.05) is 24.4 Å². The number of carbonyl (C=O) groups is 1. The highest BCUT2D eigenvalue weighted by Gasteiger charge is 2.12. The third-order valence-corrected chi connectivity index (χ3v) is 3.80. The van der Waals surface area contributed by atoms with Gasteiger partial charge < -0.3 is 20.1 Å². The van der Waals surface area contributed by atoms with E-state index < -0.39 is 0 Å². The van der Waals surface area contributed by atoms with Gasteiger partial charge in [0.05, 0.1) is 14.2 Å². The number of aromatic nitrogens is 2. The molecule has 0 saturated heterocycles. The van der Waals surface area contributed by atoms with Crippen molar-refractivity contribution in [2.45, 2.75) is 33.1 Å². The molecule has 1 aromatic heterocycles. The van der Waals surface area contributed by atoms with E-state index in [0.29, 0.717) is 34.5 Å². The zero-order chi connectivity index (χ0) is 18.9. The van der Waals surface area contributed by atoms with Crippen LogP contribution in [0.15, 0.2) is 24.3 Å². The zero-order valence-electron chi connectivity index (χ0n) is 15.8. The lowest BCUT2D eigenvalue weighted by molar-refractivity contribution is 0.102. The Kier molecular flexibility index (Phi) is 7.20. The van der Waals surface area contributed by atoms with Crippen LogP contribution in [0.25, 0.3) is 0 Å². The molecule has 0 aliphatic rings. The maximum Gasteiger partial charge on any atom is 0.274 e. The molecule has 0 unspecified atom stereocenters. The van der Waals surface area contributed by atoms with E-state index in [9.17, 15) is 4.79 Å². The van der Waals surface area contributed by atoms with E-state index in [2.05, 4.69) is 27.5 Å². The van der Waals surface area contributed by atoms with Crippen LogP contribution in [0.5, 0.6) is 11.5 Å². The number of hydrogen-bond donors (Lipinski definition) is 2. The van der Waals surface area contributed by atoms with Crippen molar-refractivity contribution < 1.29 is 14.3 Å². The number of aryl methyl sites for hydroxylation is 1. The number of benzene rings is 1. The molecule has 1 heterocycles. The summed E-state index contributed by atoms with van der Waals surface area (Å²) in [5.74, 6) is 2.04. The molecule has 0 fully saturated rings. The molecule has 0 spiro atoms. The van der Waals surface area contributed by atoms with E-state index >= 15 is 0 Å². The zero-order valence-corrected chi connectivity index (χ0v) is 15.8. The highest BCUT2D eigenvalue weighted by molar-refractivity contribution is 6.03. The van der Waals surface area contributed by atoms with Gasteiger partial charge >= 0.3 is 0 Å². The van der Waals surface area contributed by atoms with E-state index in [-0.39, 0.29) is 5.91 Å². The molecule has 0 atom stereocenters. The number of amides is 1. The molecule has 0 saturated carbocycles. The minimum Gasteiger partial charge on any atom is -0.493 e. The standard InChI is InChI=1S/C19H26N4O3/c1-5-6-7-10-20-18-12-15(21-13(2)22-18)19(24)23-14-8-9-16(25-3)17(11-14)26-4/h8-9,11-12H,5-7,10H2,1-4H3,(H,23,24)(H,20,21,22). The Balaban J connectivity index is 2.10. The molecule has 2 N–H and O–H groups in total. The van der Waals surface area contributed by atoms with Gasteiger partial charge in [0.1, 0.15) is 17.3 Å². The Morgan fingerprint density at radius 2 is 1.85 bits per heavy atom. The van der Waals surface area contributed by atoms with Gasteiger partial charge in [-0.15, -0.1) is 0 Å². The molecule has 2 rings (SSSR count). The maximum atomic E-state index is 12.5. The van der Waals surface area contributed by atoms with E-state index in [1.165, 1.54) is 0 Å². The quantitative estimate of drug-likeness (QED) is 0.666. The van der Waals surface area contributed by atoms with E-state index in [1.807, 2.05) is 0 Å². The lowest BCUT2D eigenvalue weighted by atomic mass is 10.2. The molecule has 1 amide bonds. The first-order valence-electron chi connectivity index (χ1n) is 8.70. The molecule has 0 radical (unpaired) electrons. The summed E-state index contributed by atoms with van der Waals surface area (Å²) in [6.07, 6.45) is 3.37. The number of anilines is 2. The second kappa shape index (κ2) is 9.60. The van der Waals surface area contributed by atoms with E-state index in [4.69, 9.17) is 9.47 Å². The lowest BCUT2D eigenvalue weighted by Gasteiger charge is -2.11. The van der Waals surface area contributed by atoms with Crippen molar-refractivity contribution in [1.82, 2.24) is 9.97 Å². The van der Waals surface area contributed by atoms with Crippen LogP contribution in [0.3, 0.4) is 0 Å². The maximum absolute atomic E-state index is 12.5. The number of rotatable bonds is 9. The van der Waals surface area contributed by atoms with Gasteiger partial charge in [-0.2, -0.15) is 0 Å². The second-order valence-electron chi connectivity index (χ2n) is 5.84. The van der Waals surface area contributed by atoms with Crippen LogP contribution < -0.4 is 20.1 Å². The van der Waals surface area contributed by atoms with Gasteiger partial charge in [0.15, 0.2) is 11.5 Å². The summed E-state index contributed by atoms with van der Waals surface area (Å²) >= 11 is 0. The topological polar surface area (TPSA) is 85.4 Å². The Morgan fingerprint density at radius 3 is 2.54 bits per heavy atom. The molecule has 0 aliphatic carbocycles. The highest BCUT2D eigenvalue weighted by atomic mass is 16.5. The first-order chi connectivity index (χ1) is 12.6. The molecule has 140 valence electrons. The summed E-state index contributed by atoms with van der Waals surface area (Å²) in [4.78, 5) is 21.1. The van der Waals surface area contributed by atoms with Crippen molar-refractivity contribution in [3.8, 4) is 11.5 Å². The van der Waals surface area contributed by atoms with Crippen LogP contribution in [0.4, 0.5) is 11.5 Å². The summed E-state index contributed by atoms with van der Waals surface area (Å²) < 4.78 is 10.5. The molecule has 0 bridgehead atoms. The van der Waals surface area contributed by atoms with Crippen molar-refractivity contribution in [3.05, 3.63) is 35.8 Å². The van der Waals surface area contributed by atoms with Crippen LogP contribution in [-0.4, -0.2) is 36.6 Å². The normalized spacial score (nSPS) is 10.3. The third kappa shape index (κ3) is 5.34. The summed E-state index contributed by atoms with van der Waals surface area (Å²) in [6.45, 7) is 4.75. The third-order valence-electron chi connectivity index (χ3n) is 3.80. The monoisotopic (exact) mass is 358 g/mol. The predicted octanol–water partition coefficient (Wildman–Crippen LogP) is 3.66. The van der Waals surface area contributed by atoms with Crippen molar-refractivity contribution in [2.75, 3.05) is 31.4 Å². The van der Waals surface area contributed by atoms with Crippen LogP contribution in [0, 0.1) is 6.92 Å². The molecule has 26 heavy (non-hydrogen) atoms. The first kappa shape index (κ1) is 19.5. The SMILES string of the molecule is CCCCCNc1cc(C(=O)Nc2ccc(OC)c(OC)c2)nc(C)n1. The number of hydrogen-bond acceptors (Lipinski definition) is 6. The Labute approximate surface area is 154 Å². The minimum absolute atomic E-state index is 0.306. The Bertz CT molecular complexity index is 750. The largest absolute Gasteiger partial charge is 0.493 e. The van der Waals surface area contributed by atoms with Crippen molar-refractivity contribution in [2.24, 2.45) is 0 Å². The van der Waals surface area contributed by atoms with Gasteiger partial charge in [-0.3, -0.25) is 4.79 Å². The second-order valence-corrected chi connectivity index (χ2v) is 5.84. The number of carbonyl (C=O) groups excluding carboxylic acids is 1. The Morgan fingerprint density at radius 1 is 1.08 bits per heavy atom. The van der Waals surface area contributed by atoms with Crippen LogP contribution >= 0.6 is 0 Å². The average molecular weight is 358 g/mol. The van der Waals surface area contributed by atoms with Crippen LogP contribution in [0.2, 0.25) is 0 Å². The molecule has 7 nitrogen and oxygen atoms in total. The number of nitrogens with one attached hydrogen (secondary N) is 2. The molecule has 7 heteroatoms. The predicted molar refractivity (Wildman–Crippen MR) is 102 cm³/mol. The summed E-state index contributed by atoms with van der Waals surface area (Å²) in [5, 5.41) is 6.07. The minimum atomic E-state index is -0.306. The number of unbranched alkanes of at least 4 members (excludes halogenated alkanes) is 2. The highest BCUT2D eigenvalue weighted by Crippen LogP contribution is 2.29. The van der Waals surface area contributed by atoms with Gasteiger partial charge in [0.2, 0.25) is 0 Å². The first-order valence-corrected chi connectivity index (χ1v) is 8.70. The fraction of sp³-hybridized carbons (Fsp3) is 0.421. The molecular weight excluding hydrogens is 332 g/mol. The fourth-order valence-corrected chi connectivity index (χ4v) is 2.48. The smallest absolute Gasteiger partial charge is 0.274 e. The fourth-order valence-electron chi connectivity index (χ4n) is 2.48. The summed E-state index contributed by atoms with van der Waals surface area (Å²) in [5.41, 5.74) is 0.909.